The quantitative estimate of drug-likeness (QED) is 0.114. The summed E-state index contributed by atoms with van der Waals surface area (Å²) in [6.45, 7) is 0. The van der Waals surface area contributed by atoms with Gasteiger partial charge in [-0.3, -0.25) is 0 Å². The van der Waals surface area contributed by atoms with Crippen molar-refractivity contribution < 1.29 is 0 Å². The van der Waals surface area contributed by atoms with Gasteiger partial charge in [-0.1, -0.05) is 291 Å². The molecule has 0 N–H and O–H groups in total. The highest BCUT2D eigenvalue weighted by Crippen LogP contribution is 2.49. The molecule has 0 spiro atoms. The molecular formula is C92H62N2. The van der Waals surface area contributed by atoms with Crippen LogP contribution in [0.5, 0.6) is 0 Å². The van der Waals surface area contributed by atoms with Gasteiger partial charge in [-0.2, -0.15) is 0 Å². The maximum Gasteiger partial charge on any atom is 0.0540 e. The summed E-state index contributed by atoms with van der Waals surface area (Å²) in [5.74, 6) is 0. The Kier molecular flexibility index (Phi) is 14.3. The molecule has 0 atom stereocenters. The maximum absolute atomic E-state index is 2.48. The van der Waals surface area contributed by atoms with Crippen molar-refractivity contribution in [3.8, 4) is 77.9 Å². The van der Waals surface area contributed by atoms with E-state index in [-0.39, 0.29) is 0 Å². The lowest BCUT2D eigenvalue weighted by Gasteiger charge is -2.29. The summed E-state index contributed by atoms with van der Waals surface area (Å²) in [5, 5.41) is 12.0. The van der Waals surface area contributed by atoms with Crippen molar-refractivity contribution in [1.29, 1.82) is 0 Å². The zero-order valence-electron chi connectivity index (χ0n) is 51.7. The predicted molar refractivity (Wildman–Crippen MR) is 401 cm³/mol. The molecule has 0 aliphatic rings. The van der Waals surface area contributed by atoms with E-state index < -0.39 is 0 Å². The highest BCUT2D eigenvalue weighted by molar-refractivity contribution is 6.17. The van der Waals surface area contributed by atoms with Gasteiger partial charge in [0.05, 0.1) is 11.4 Å². The molecule has 0 aliphatic carbocycles. The van der Waals surface area contributed by atoms with Crippen molar-refractivity contribution in [3.63, 3.8) is 0 Å². The van der Waals surface area contributed by atoms with Gasteiger partial charge in [0.2, 0.25) is 0 Å². The van der Waals surface area contributed by atoms with Crippen molar-refractivity contribution in [2.45, 2.75) is 0 Å². The van der Waals surface area contributed by atoms with E-state index in [0.717, 1.165) is 84.0 Å². The molecule has 0 bridgehead atoms. The molecule has 17 rings (SSSR count). The number of anilines is 6. The van der Waals surface area contributed by atoms with Crippen LogP contribution in [0.4, 0.5) is 34.1 Å². The Hall–Kier alpha value is -12.4. The first kappa shape index (κ1) is 55.7. The van der Waals surface area contributed by atoms with E-state index >= 15 is 0 Å². The minimum absolute atomic E-state index is 1.04. The van der Waals surface area contributed by atoms with Crippen LogP contribution in [0.15, 0.2) is 376 Å². The van der Waals surface area contributed by atoms with Gasteiger partial charge in [-0.05, 0) is 206 Å². The summed E-state index contributed by atoms with van der Waals surface area (Å²) >= 11 is 0. The Balaban J connectivity index is 0.880. The van der Waals surface area contributed by atoms with Crippen LogP contribution in [-0.2, 0) is 0 Å². The molecule has 2 nitrogen and oxygen atoms in total. The van der Waals surface area contributed by atoms with Crippen LogP contribution in [0.1, 0.15) is 0 Å². The SMILES string of the molecule is c1ccc(-c2cc(-c3ccccc3)cc(-c3cc(-c4ccc(-c5cccc6ccccc56)c5c(-c6cccc7ccccc67)cccc45)cc(N(c4ccc(-c5ccc(N(c6ccccc6)c6cccc7ccccc67)cc5)cc4)c4cccc5ccccc45)c3)c2)cc1. The fourth-order valence-corrected chi connectivity index (χ4v) is 14.3. The van der Waals surface area contributed by atoms with Crippen molar-refractivity contribution in [2.75, 3.05) is 9.80 Å². The van der Waals surface area contributed by atoms with Gasteiger partial charge in [0.15, 0.2) is 0 Å². The first-order valence-electron chi connectivity index (χ1n) is 32.4. The lowest BCUT2D eigenvalue weighted by molar-refractivity contribution is 1.29. The number of hydrogen-bond donors (Lipinski definition) is 0. The predicted octanol–water partition coefficient (Wildman–Crippen LogP) is 26.1. The average molecular weight is 1200 g/mol. The first-order valence-corrected chi connectivity index (χ1v) is 32.4. The van der Waals surface area contributed by atoms with Crippen LogP contribution in [0.25, 0.3) is 132 Å². The van der Waals surface area contributed by atoms with Crippen molar-refractivity contribution in [3.05, 3.63) is 376 Å². The Bertz CT molecular complexity index is 5500. The van der Waals surface area contributed by atoms with Crippen LogP contribution < -0.4 is 9.80 Å². The first-order chi connectivity index (χ1) is 46.6. The Morgan fingerprint density at radius 1 is 0.149 bits per heavy atom. The molecule has 0 saturated heterocycles. The Labute approximate surface area is 548 Å². The fourth-order valence-electron chi connectivity index (χ4n) is 14.3. The zero-order valence-corrected chi connectivity index (χ0v) is 51.7. The number of rotatable bonds is 13. The van der Waals surface area contributed by atoms with Crippen molar-refractivity contribution in [1.82, 2.24) is 0 Å². The Morgan fingerprint density at radius 3 is 0.968 bits per heavy atom. The number of benzene rings is 17. The van der Waals surface area contributed by atoms with Gasteiger partial charge >= 0.3 is 0 Å². The third-order valence-electron chi connectivity index (χ3n) is 18.8. The summed E-state index contributed by atoms with van der Waals surface area (Å²) in [5.41, 5.74) is 22.7. The second-order valence-electron chi connectivity index (χ2n) is 24.3. The second-order valence-corrected chi connectivity index (χ2v) is 24.3. The van der Waals surface area contributed by atoms with Crippen LogP contribution >= 0.6 is 0 Å². The molecular weight excluding hydrogens is 1130 g/mol. The average Bonchev–Trinajstić information content (AvgIpc) is 0.749. The molecule has 0 aliphatic heterocycles. The summed E-state index contributed by atoms with van der Waals surface area (Å²) in [7, 11) is 0. The van der Waals surface area contributed by atoms with Gasteiger partial charge in [0, 0.05) is 33.5 Å². The van der Waals surface area contributed by atoms with E-state index in [4.69, 9.17) is 0 Å². The highest BCUT2D eigenvalue weighted by Gasteiger charge is 2.23. The lowest BCUT2D eigenvalue weighted by atomic mass is 9.84. The maximum atomic E-state index is 2.48. The second kappa shape index (κ2) is 24.1. The molecule has 0 unspecified atom stereocenters. The molecule has 2 heteroatoms. The minimum atomic E-state index is 1.04. The molecule has 0 radical (unpaired) electrons. The zero-order chi connectivity index (χ0) is 62.3. The fraction of sp³-hybridized carbons (Fsp3) is 0. The summed E-state index contributed by atoms with van der Waals surface area (Å²) < 4.78 is 0. The van der Waals surface area contributed by atoms with Gasteiger partial charge in [-0.25, -0.2) is 0 Å². The van der Waals surface area contributed by atoms with Crippen molar-refractivity contribution >= 4 is 88.0 Å². The van der Waals surface area contributed by atoms with E-state index in [1.165, 1.54) is 81.9 Å². The van der Waals surface area contributed by atoms with Crippen molar-refractivity contribution in [2.24, 2.45) is 0 Å². The van der Waals surface area contributed by atoms with Gasteiger partial charge in [0.1, 0.15) is 0 Å². The number of para-hydroxylation sites is 1. The third-order valence-corrected chi connectivity index (χ3v) is 18.8. The third kappa shape index (κ3) is 10.3. The minimum Gasteiger partial charge on any atom is -0.310 e. The van der Waals surface area contributed by atoms with Gasteiger partial charge in [-0.15, -0.1) is 0 Å². The van der Waals surface area contributed by atoms with E-state index in [2.05, 4.69) is 386 Å². The standard InChI is InChI=1S/C92H62N2/c1-4-23-63(24-5-1)71-57-72(64-25-6-2-7-26-64)59-73(58-71)74-60-75(82-55-56-89(86-42-19-32-68-28-11-15-38-81(68)86)92-87(82)43-22-44-88(92)85-41-18-31-67-27-10-14-37-80(67)85)62-79(61-74)94(91-46-21-34-70-30-13-17-40-84(70)91)78-53-49-66(50-54-78)65-47-51-77(52-48-65)93(76-35-8-3-9-36-76)90-45-20-33-69-29-12-16-39-83(69)90/h1-62H. The molecule has 440 valence electrons. The highest BCUT2D eigenvalue weighted by atomic mass is 15.1. The number of nitrogens with zero attached hydrogens (tertiary/aromatic N) is 2. The normalized spacial score (nSPS) is 11.4. The number of hydrogen-bond acceptors (Lipinski definition) is 2. The summed E-state index contributed by atoms with van der Waals surface area (Å²) in [6, 6.07) is 138. The smallest absolute Gasteiger partial charge is 0.0540 e. The Morgan fingerprint density at radius 2 is 0.457 bits per heavy atom. The topological polar surface area (TPSA) is 6.48 Å². The van der Waals surface area contributed by atoms with E-state index in [1.807, 2.05) is 0 Å². The lowest BCUT2D eigenvalue weighted by Crippen LogP contribution is -2.11. The van der Waals surface area contributed by atoms with Crippen LogP contribution in [0.3, 0.4) is 0 Å². The van der Waals surface area contributed by atoms with Crippen LogP contribution in [0, 0.1) is 0 Å². The van der Waals surface area contributed by atoms with Crippen LogP contribution in [0.2, 0.25) is 0 Å². The van der Waals surface area contributed by atoms with Crippen LogP contribution in [-0.4, -0.2) is 0 Å². The molecule has 0 saturated carbocycles. The molecule has 94 heavy (non-hydrogen) atoms. The van der Waals surface area contributed by atoms with Gasteiger partial charge in [0.25, 0.3) is 0 Å². The molecule has 17 aromatic carbocycles. The number of fused-ring (bicyclic) bond motifs is 5. The van der Waals surface area contributed by atoms with Gasteiger partial charge < -0.3 is 9.80 Å². The molecule has 0 aromatic heterocycles. The monoisotopic (exact) mass is 1190 g/mol. The summed E-state index contributed by atoms with van der Waals surface area (Å²) in [6.07, 6.45) is 0. The molecule has 0 heterocycles. The van der Waals surface area contributed by atoms with E-state index in [9.17, 15) is 0 Å². The molecule has 17 aromatic rings. The van der Waals surface area contributed by atoms with E-state index in [0.29, 0.717) is 0 Å². The largest absolute Gasteiger partial charge is 0.310 e. The summed E-state index contributed by atoms with van der Waals surface area (Å²) in [4.78, 5) is 4.85. The van der Waals surface area contributed by atoms with E-state index in [1.54, 1.807) is 0 Å². The molecule has 0 fully saturated rings. The molecule has 0 amide bonds.